The van der Waals surface area contributed by atoms with Crippen molar-refractivity contribution in [2.24, 2.45) is 0 Å². The van der Waals surface area contributed by atoms with Crippen molar-refractivity contribution in [3.8, 4) is 11.5 Å². The number of halogens is 1. The molecule has 20 heavy (non-hydrogen) atoms. The number of benzene rings is 1. The van der Waals surface area contributed by atoms with Gasteiger partial charge in [-0.25, -0.2) is 0 Å². The number of carboxylic acids is 1. The Morgan fingerprint density at radius 2 is 2.00 bits per heavy atom. The molecule has 0 aromatic heterocycles. The van der Waals surface area contributed by atoms with Gasteiger partial charge in [0.2, 0.25) is 0 Å². The van der Waals surface area contributed by atoms with Gasteiger partial charge in [0, 0.05) is 6.04 Å². The molecule has 0 spiro atoms. The van der Waals surface area contributed by atoms with Crippen molar-refractivity contribution in [2.75, 3.05) is 14.2 Å². The molecule has 7 heteroatoms. The highest BCUT2D eigenvalue weighted by Crippen LogP contribution is 2.33. The van der Waals surface area contributed by atoms with Crippen LogP contribution in [0.2, 0.25) is 0 Å². The van der Waals surface area contributed by atoms with E-state index in [4.69, 9.17) is 14.6 Å². The Balaban J connectivity index is 3.02. The van der Waals surface area contributed by atoms with Gasteiger partial charge in [0.15, 0.2) is 0 Å². The molecule has 1 rings (SSSR count). The molecule has 0 radical (unpaired) electrons. The van der Waals surface area contributed by atoms with Gasteiger partial charge in [-0.3, -0.25) is 9.59 Å². The maximum absolute atomic E-state index is 12.2. The van der Waals surface area contributed by atoms with Crippen molar-refractivity contribution in [3.05, 3.63) is 22.2 Å². The second kappa shape index (κ2) is 7.14. The van der Waals surface area contributed by atoms with Gasteiger partial charge in [-0.1, -0.05) is 0 Å². The van der Waals surface area contributed by atoms with Crippen LogP contribution in [0.3, 0.4) is 0 Å². The lowest BCUT2D eigenvalue weighted by molar-refractivity contribution is -0.137. The molecule has 1 unspecified atom stereocenters. The first-order chi connectivity index (χ1) is 9.38. The number of carbonyl (C=O) groups is 2. The highest BCUT2D eigenvalue weighted by molar-refractivity contribution is 9.10. The highest BCUT2D eigenvalue weighted by Gasteiger charge is 2.19. The van der Waals surface area contributed by atoms with Gasteiger partial charge in [-0.05, 0) is 35.0 Å². The molecule has 1 aromatic carbocycles. The molecular formula is C13H16BrNO5. The largest absolute Gasteiger partial charge is 0.497 e. The average molecular weight is 346 g/mol. The number of ether oxygens (including phenoxy) is 2. The second-order valence-corrected chi connectivity index (χ2v) is 5.02. The topological polar surface area (TPSA) is 84.9 Å². The van der Waals surface area contributed by atoms with Crippen molar-refractivity contribution < 1.29 is 24.2 Å². The molecule has 0 bridgehead atoms. The SMILES string of the molecule is COc1cc(Br)c(OC)c(C(=O)NC(C)CC(=O)O)c1. The lowest BCUT2D eigenvalue weighted by Gasteiger charge is -2.15. The molecule has 0 saturated carbocycles. The van der Waals surface area contributed by atoms with Crippen LogP contribution in [-0.4, -0.2) is 37.2 Å². The van der Waals surface area contributed by atoms with Crippen molar-refractivity contribution >= 4 is 27.8 Å². The molecule has 110 valence electrons. The maximum Gasteiger partial charge on any atom is 0.305 e. The smallest absolute Gasteiger partial charge is 0.305 e. The normalized spacial score (nSPS) is 11.6. The van der Waals surface area contributed by atoms with Crippen LogP contribution in [-0.2, 0) is 4.79 Å². The van der Waals surface area contributed by atoms with Gasteiger partial charge in [-0.2, -0.15) is 0 Å². The number of methoxy groups -OCH3 is 2. The summed E-state index contributed by atoms with van der Waals surface area (Å²) in [4.78, 5) is 22.8. The Morgan fingerprint density at radius 1 is 1.35 bits per heavy atom. The van der Waals surface area contributed by atoms with Gasteiger partial charge in [0.1, 0.15) is 11.5 Å². The predicted octanol–water partition coefficient (Wildman–Crippen LogP) is 2.06. The first-order valence-electron chi connectivity index (χ1n) is 5.83. The number of carbonyl (C=O) groups excluding carboxylic acids is 1. The average Bonchev–Trinajstić information content (AvgIpc) is 2.36. The first kappa shape index (κ1) is 16.3. The van der Waals surface area contributed by atoms with Gasteiger partial charge in [0.25, 0.3) is 5.91 Å². The van der Waals surface area contributed by atoms with E-state index in [1.54, 1.807) is 13.0 Å². The van der Waals surface area contributed by atoms with Crippen LogP contribution in [0.1, 0.15) is 23.7 Å². The zero-order chi connectivity index (χ0) is 15.3. The summed E-state index contributed by atoms with van der Waals surface area (Å²) in [6.07, 6.45) is -0.154. The third-order valence-corrected chi connectivity index (χ3v) is 3.15. The van der Waals surface area contributed by atoms with Crippen molar-refractivity contribution in [3.63, 3.8) is 0 Å². The van der Waals surface area contributed by atoms with E-state index in [1.165, 1.54) is 20.3 Å². The van der Waals surface area contributed by atoms with Crippen molar-refractivity contribution in [1.29, 1.82) is 0 Å². The molecule has 0 aliphatic carbocycles. The van der Waals surface area contributed by atoms with E-state index >= 15 is 0 Å². The van der Waals surface area contributed by atoms with Crippen molar-refractivity contribution in [1.82, 2.24) is 5.32 Å². The van der Waals surface area contributed by atoms with E-state index in [2.05, 4.69) is 21.2 Å². The molecule has 6 nitrogen and oxygen atoms in total. The number of carboxylic acid groups (broad SMARTS) is 1. The van der Waals surface area contributed by atoms with Gasteiger partial charge >= 0.3 is 5.97 Å². The molecule has 1 atom stereocenters. The quantitative estimate of drug-likeness (QED) is 0.824. The number of aliphatic carboxylic acids is 1. The summed E-state index contributed by atoms with van der Waals surface area (Å²) in [5, 5.41) is 11.3. The van der Waals surface area contributed by atoms with E-state index < -0.39 is 17.9 Å². The van der Waals surface area contributed by atoms with E-state index in [-0.39, 0.29) is 12.0 Å². The summed E-state index contributed by atoms with van der Waals surface area (Å²) in [6, 6.07) is 2.72. The minimum absolute atomic E-state index is 0.154. The lowest BCUT2D eigenvalue weighted by Crippen LogP contribution is -2.34. The highest BCUT2D eigenvalue weighted by atomic mass is 79.9. The fourth-order valence-corrected chi connectivity index (χ4v) is 2.28. The van der Waals surface area contributed by atoms with Crippen LogP contribution in [0, 0.1) is 0 Å². The summed E-state index contributed by atoms with van der Waals surface area (Å²) in [6.45, 7) is 1.62. The molecule has 0 heterocycles. The van der Waals surface area contributed by atoms with E-state index in [0.717, 1.165) is 0 Å². The Kier molecular flexibility index (Phi) is 5.82. The minimum atomic E-state index is -0.975. The molecular weight excluding hydrogens is 330 g/mol. The number of hydrogen-bond donors (Lipinski definition) is 2. The Hall–Kier alpha value is -1.76. The van der Waals surface area contributed by atoms with E-state index in [9.17, 15) is 9.59 Å². The molecule has 0 fully saturated rings. The number of nitrogens with one attached hydrogen (secondary N) is 1. The molecule has 0 aliphatic rings. The van der Waals surface area contributed by atoms with Gasteiger partial charge in [-0.15, -0.1) is 0 Å². The summed E-state index contributed by atoms with van der Waals surface area (Å²) < 4.78 is 10.9. The van der Waals surface area contributed by atoms with Crippen LogP contribution in [0.4, 0.5) is 0 Å². The monoisotopic (exact) mass is 345 g/mol. The summed E-state index contributed by atoms with van der Waals surface area (Å²) in [5.74, 6) is -0.536. The fraction of sp³-hybridized carbons (Fsp3) is 0.385. The van der Waals surface area contributed by atoms with Gasteiger partial charge in [0.05, 0.1) is 30.7 Å². The standard InChI is InChI=1S/C13H16BrNO5/c1-7(4-11(16)17)15-13(18)9-5-8(19-2)6-10(14)12(9)20-3/h5-7H,4H2,1-3H3,(H,15,18)(H,16,17). The third kappa shape index (κ3) is 4.12. The van der Waals surface area contributed by atoms with Crippen LogP contribution in [0.5, 0.6) is 11.5 Å². The molecule has 1 aromatic rings. The molecule has 0 saturated heterocycles. The Morgan fingerprint density at radius 3 is 2.50 bits per heavy atom. The summed E-state index contributed by atoms with van der Waals surface area (Å²) in [7, 11) is 2.94. The number of hydrogen-bond acceptors (Lipinski definition) is 4. The number of amides is 1. The van der Waals surface area contributed by atoms with Crippen LogP contribution >= 0.6 is 15.9 Å². The van der Waals surface area contributed by atoms with Gasteiger partial charge < -0.3 is 19.9 Å². The zero-order valence-corrected chi connectivity index (χ0v) is 13.0. The van der Waals surface area contributed by atoms with Crippen LogP contribution < -0.4 is 14.8 Å². The summed E-state index contributed by atoms with van der Waals surface area (Å²) in [5.41, 5.74) is 0.274. The third-order valence-electron chi connectivity index (χ3n) is 2.56. The maximum atomic E-state index is 12.2. The minimum Gasteiger partial charge on any atom is -0.497 e. The van der Waals surface area contributed by atoms with E-state index in [1.807, 2.05) is 0 Å². The number of rotatable bonds is 6. The second-order valence-electron chi connectivity index (χ2n) is 4.16. The lowest BCUT2D eigenvalue weighted by atomic mass is 10.1. The van der Waals surface area contributed by atoms with Crippen LogP contribution in [0.25, 0.3) is 0 Å². The molecule has 0 aliphatic heterocycles. The van der Waals surface area contributed by atoms with E-state index in [0.29, 0.717) is 16.0 Å². The Bertz CT molecular complexity index is 518. The molecule has 2 N–H and O–H groups in total. The first-order valence-corrected chi connectivity index (χ1v) is 6.62. The zero-order valence-electron chi connectivity index (χ0n) is 11.4. The summed E-state index contributed by atoms with van der Waals surface area (Å²) >= 11 is 3.29. The van der Waals surface area contributed by atoms with Crippen molar-refractivity contribution in [2.45, 2.75) is 19.4 Å². The fourth-order valence-electron chi connectivity index (χ4n) is 1.68. The predicted molar refractivity (Wildman–Crippen MR) is 76.4 cm³/mol. The van der Waals surface area contributed by atoms with Crippen LogP contribution in [0.15, 0.2) is 16.6 Å². The molecule has 1 amide bonds. The Labute approximate surface area is 125 Å².